The maximum absolute atomic E-state index is 10.8. The van der Waals surface area contributed by atoms with Crippen LogP contribution in [0.15, 0.2) is 48.7 Å². The topological polar surface area (TPSA) is 99.7 Å². The first-order valence-electron chi connectivity index (χ1n) is 6.44. The third-order valence-electron chi connectivity index (χ3n) is 3.20. The predicted molar refractivity (Wildman–Crippen MR) is 79.4 cm³/mol. The van der Waals surface area contributed by atoms with E-state index in [-0.39, 0.29) is 6.54 Å². The average molecular weight is 297 g/mol. The summed E-state index contributed by atoms with van der Waals surface area (Å²) < 4.78 is 0. The molecule has 0 bridgehead atoms. The van der Waals surface area contributed by atoms with E-state index in [0.717, 1.165) is 0 Å². The summed E-state index contributed by atoms with van der Waals surface area (Å²) in [6.07, 6.45) is 7.02. The average Bonchev–Trinajstić information content (AvgIpc) is 2.55. The molecule has 22 heavy (non-hydrogen) atoms. The summed E-state index contributed by atoms with van der Waals surface area (Å²) in [4.78, 5) is 14.9. The molecular formula is C16H15N3O3. The molecule has 0 spiro atoms. The molecule has 1 aromatic heterocycles. The summed E-state index contributed by atoms with van der Waals surface area (Å²) in [5.74, 6) is 2.35. The molecule has 4 N–H and O–H groups in total. The SMILES string of the molecule is C#CC(O)(c1ccc(CN(O)C(N)=O)cc1)c1ccccn1. The number of aromatic nitrogens is 1. The molecule has 6 nitrogen and oxygen atoms in total. The maximum Gasteiger partial charge on any atom is 0.338 e. The fraction of sp³-hybridized carbons (Fsp3) is 0.125. The molecule has 1 unspecified atom stereocenters. The van der Waals surface area contributed by atoms with Crippen molar-refractivity contribution >= 4 is 6.03 Å². The van der Waals surface area contributed by atoms with Crippen LogP contribution in [0.5, 0.6) is 0 Å². The largest absolute Gasteiger partial charge is 0.368 e. The van der Waals surface area contributed by atoms with Crippen molar-refractivity contribution in [3.05, 3.63) is 65.5 Å². The Morgan fingerprint density at radius 2 is 2.00 bits per heavy atom. The Labute approximate surface area is 127 Å². The van der Waals surface area contributed by atoms with E-state index in [0.29, 0.717) is 21.9 Å². The molecule has 2 aromatic rings. The lowest BCUT2D eigenvalue weighted by molar-refractivity contribution is -0.0470. The van der Waals surface area contributed by atoms with Gasteiger partial charge in [-0.3, -0.25) is 10.2 Å². The van der Waals surface area contributed by atoms with E-state index in [9.17, 15) is 15.1 Å². The molecule has 0 aliphatic carbocycles. The van der Waals surface area contributed by atoms with E-state index in [1.165, 1.54) is 0 Å². The van der Waals surface area contributed by atoms with Crippen LogP contribution in [0.4, 0.5) is 4.79 Å². The molecule has 1 atom stereocenters. The summed E-state index contributed by atoms with van der Waals surface area (Å²) in [5.41, 5.74) is 4.72. The number of hydroxylamine groups is 2. The van der Waals surface area contributed by atoms with Crippen molar-refractivity contribution in [1.29, 1.82) is 0 Å². The summed E-state index contributed by atoms with van der Waals surface area (Å²) in [5, 5.41) is 20.4. The first-order chi connectivity index (χ1) is 10.5. The molecule has 2 rings (SSSR count). The molecule has 1 aromatic carbocycles. The second kappa shape index (κ2) is 6.26. The van der Waals surface area contributed by atoms with Crippen LogP contribution in [-0.2, 0) is 12.1 Å². The standard InChI is InChI=1S/C16H15N3O3/c1-2-16(21,14-5-3-4-10-18-14)13-8-6-12(7-9-13)11-19(22)15(17)20/h1,3-10,21-22H,11H2,(H2,17,20). The molecule has 2 amide bonds. The number of benzene rings is 1. The quantitative estimate of drug-likeness (QED) is 0.449. The molecular weight excluding hydrogens is 282 g/mol. The number of carbonyl (C=O) groups excluding carboxylic acids is 1. The molecule has 0 aliphatic heterocycles. The van der Waals surface area contributed by atoms with Gasteiger partial charge in [-0.1, -0.05) is 36.3 Å². The van der Waals surface area contributed by atoms with Crippen molar-refractivity contribution in [2.24, 2.45) is 5.73 Å². The number of primary amides is 1. The second-order valence-electron chi connectivity index (χ2n) is 4.66. The number of pyridine rings is 1. The van der Waals surface area contributed by atoms with Gasteiger partial charge in [0.2, 0.25) is 0 Å². The Kier molecular flexibility index (Phi) is 4.41. The third-order valence-corrected chi connectivity index (χ3v) is 3.20. The zero-order valence-electron chi connectivity index (χ0n) is 11.7. The van der Waals surface area contributed by atoms with Gasteiger partial charge in [-0.25, -0.2) is 9.86 Å². The highest BCUT2D eigenvalue weighted by Crippen LogP contribution is 2.27. The van der Waals surface area contributed by atoms with Crippen LogP contribution in [0.25, 0.3) is 0 Å². The van der Waals surface area contributed by atoms with Crippen molar-refractivity contribution in [2.75, 3.05) is 0 Å². The van der Waals surface area contributed by atoms with Gasteiger partial charge in [0.1, 0.15) is 0 Å². The van der Waals surface area contributed by atoms with Gasteiger partial charge in [-0.05, 0) is 17.7 Å². The molecule has 112 valence electrons. The van der Waals surface area contributed by atoms with Crippen molar-refractivity contribution in [3.63, 3.8) is 0 Å². The van der Waals surface area contributed by atoms with Crippen molar-refractivity contribution in [1.82, 2.24) is 10.0 Å². The maximum atomic E-state index is 10.8. The lowest BCUT2D eigenvalue weighted by Crippen LogP contribution is -2.32. The first kappa shape index (κ1) is 15.5. The highest BCUT2D eigenvalue weighted by atomic mass is 16.5. The Balaban J connectivity index is 2.29. The number of carbonyl (C=O) groups is 1. The monoisotopic (exact) mass is 297 g/mol. The van der Waals surface area contributed by atoms with Gasteiger partial charge in [-0.15, -0.1) is 6.42 Å². The molecule has 0 saturated carbocycles. The van der Waals surface area contributed by atoms with Crippen molar-refractivity contribution in [2.45, 2.75) is 12.1 Å². The van der Waals surface area contributed by atoms with Crippen LogP contribution in [0.2, 0.25) is 0 Å². The predicted octanol–water partition coefficient (Wildman–Crippen LogP) is 1.22. The lowest BCUT2D eigenvalue weighted by atomic mass is 9.90. The van der Waals surface area contributed by atoms with Crippen LogP contribution in [0, 0.1) is 12.3 Å². The molecule has 0 saturated heterocycles. The van der Waals surface area contributed by atoms with Crippen LogP contribution in [0.1, 0.15) is 16.8 Å². The Bertz CT molecular complexity index is 695. The highest BCUT2D eigenvalue weighted by Gasteiger charge is 2.30. The number of urea groups is 1. The number of aliphatic hydroxyl groups is 1. The van der Waals surface area contributed by atoms with E-state index in [1.807, 2.05) is 0 Å². The van der Waals surface area contributed by atoms with E-state index in [4.69, 9.17) is 12.2 Å². The Hall–Kier alpha value is -2.88. The first-order valence-corrected chi connectivity index (χ1v) is 6.44. The van der Waals surface area contributed by atoms with E-state index >= 15 is 0 Å². The van der Waals surface area contributed by atoms with Crippen molar-refractivity contribution < 1.29 is 15.1 Å². The van der Waals surface area contributed by atoms with Gasteiger partial charge in [0.25, 0.3) is 0 Å². The number of nitrogens with zero attached hydrogens (tertiary/aromatic N) is 2. The zero-order valence-corrected chi connectivity index (χ0v) is 11.7. The number of rotatable bonds is 4. The third kappa shape index (κ3) is 3.06. The minimum atomic E-state index is -1.65. The normalized spacial score (nSPS) is 13.0. The van der Waals surface area contributed by atoms with Gasteiger partial charge in [0.05, 0.1) is 12.2 Å². The molecule has 0 radical (unpaired) electrons. The van der Waals surface area contributed by atoms with Gasteiger partial charge < -0.3 is 10.8 Å². The number of terminal acetylenes is 1. The van der Waals surface area contributed by atoms with Crippen LogP contribution in [0.3, 0.4) is 0 Å². The number of hydrogen-bond acceptors (Lipinski definition) is 4. The number of nitrogens with two attached hydrogens (primary N) is 1. The number of hydrogen-bond donors (Lipinski definition) is 3. The fourth-order valence-corrected chi connectivity index (χ4v) is 1.98. The minimum absolute atomic E-state index is 0.0618. The summed E-state index contributed by atoms with van der Waals surface area (Å²) >= 11 is 0. The van der Waals surface area contributed by atoms with E-state index in [2.05, 4.69) is 10.9 Å². The Morgan fingerprint density at radius 3 is 2.50 bits per heavy atom. The molecule has 6 heteroatoms. The van der Waals surface area contributed by atoms with Crippen molar-refractivity contribution in [3.8, 4) is 12.3 Å². The van der Waals surface area contributed by atoms with Gasteiger partial charge in [0.15, 0.2) is 5.60 Å². The fourth-order valence-electron chi connectivity index (χ4n) is 1.98. The molecule has 0 aliphatic rings. The van der Waals surface area contributed by atoms with Crippen LogP contribution in [-0.4, -0.2) is 26.4 Å². The molecule has 1 heterocycles. The summed E-state index contributed by atoms with van der Waals surface area (Å²) in [7, 11) is 0. The summed E-state index contributed by atoms with van der Waals surface area (Å²) in [6, 6.07) is 10.6. The van der Waals surface area contributed by atoms with Gasteiger partial charge in [-0.2, -0.15) is 0 Å². The minimum Gasteiger partial charge on any atom is -0.368 e. The molecule has 0 fully saturated rings. The van der Waals surface area contributed by atoms with Crippen LogP contribution >= 0.6 is 0 Å². The van der Waals surface area contributed by atoms with Gasteiger partial charge in [0, 0.05) is 11.8 Å². The summed E-state index contributed by atoms with van der Waals surface area (Å²) in [6.45, 7) is -0.0618. The zero-order chi connectivity index (χ0) is 16.2. The van der Waals surface area contributed by atoms with Crippen LogP contribution < -0.4 is 5.73 Å². The smallest absolute Gasteiger partial charge is 0.338 e. The second-order valence-corrected chi connectivity index (χ2v) is 4.66. The van der Waals surface area contributed by atoms with E-state index in [1.54, 1.807) is 48.7 Å². The van der Waals surface area contributed by atoms with Gasteiger partial charge >= 0.3 is 6.03 Å². The highest BCUT2D eigenvalue weighted by molar-refractivity contribution is 5.70. The number of amides is 2. The Morgan fingerprint density at radius 1 is 1.32 bits per heavy atom. The van der Waals surface area contributed by atoms with E-state index < -0.39 is 11.6 Å². The lowest BCUT2D eigenvalue weighted by Gasteiger charge is -2.22.